The number of guanidine groups is 1. The molecule has 1 unspecified atom stereocenters. The Morgan fingerprint density at radius 3 is 2.87 bits per heavy atom. The van der Waals surface area contributed by atoms with Gasteiger partial charge in [-0.25, -0.2) is 9.37 Å². The predicted molar refractivity (Wildman–Crippen MR) is 131 cm³/mol. The van der Waals surface area contributed by atoms with Gasteiger partial charge in [0, 0.05) is 45.8 Å². The summed E-state index contributed by atoms with van der Waals surface area (Å²) in [4.78, 5) is 21.8. The number of halogens is 2. The highest BCUT2D eigenvalue weighted by molar-refractivity contribution is 14.0. The number of rotatable bonds is 6. The molecule has 1 fully saturated rings. The van der Waals surface area contributed by atoms with Crippen molar-refractivity contribution in [2.24, 2.45) is 4.99 Å². The molecule has 0 saturated carbocycles. The molecule has 1 atom stereocenters. The highest BCUT2D eigenvalue weighted by Crippen LogP contribution is 2.25. The van der Waals surface area contributed by atoms with E-state index in [1.165, 1.54) is 13.0 Å². The minimum atomic E-state index is -0.310. The van der Waals surface area contributed by atoms with Crippen LogP contribution in [0.25, 0.3) is 0 Å². The van der Waals surface area contributed by atoms with Crippen LogP contribution >= 0.6 is 24.0 Å². The molecule has 0 spiro atoms. The van der Waals surface area contributed by atoms with E-state index in [1.54, 1.807) is 26.4 Å². The Balaban J connectivity index is 0.00000341. The van der Waals surface area contributed by atoms with Gasteiger partial charge in [0.1, 0.15) is 5.75 Å². The maximum Gasteiger partial charge on any atom is 0.221 e. The van der Waals surface area contributed by atoms with Crippen LogP contribution in [0.1, 0.15) is 18.9 Å². The minimum Gasteiger partial charge on any atom is -0.495 e. The molecule has 1 aromatic heterocycles. The van der Waals surface area contributed by atoms with Crippen molar-refractivity contribution < 1.29 is 13.9 Å². The maximum absolute atomic E-state index is 14.0. The van der Waals surface area contributed by atoms with Gasteiger partial charge in [0.05, 0.1) is 12.8 Å². The highest BCUT2D eigenvalue weighted by Gasteiger charge is 2.25. The van der Waals surface area contributed by atoms with Crippen LogP contribution in [0.3, 0.4) is 0 Å². The second-order valence-corrected chi connectivity index (χ2v) is 7.03. The monoisotopic (exact) mass is 542 g/mol. The summed E-state index contributed by atoms with van der Waals surface area (Å²) in [7, 11) is 3.27. The van der Waals surface area contributed by atoms with E-state index in [-0.39, 0.29) is 41.7 Å². The zero-order chi connectivity index (χ0) is 21.5. The van der Waals surface area contributed by atoms with E-state index in [9.17, 15) is 9.18 Å². The summed E-state index contributed by atoms with van der Waals surface area (Å²) in [5, 5.41) is 9.42. The predicted octanol–water partition coefficient (Wildman–Crippen LogP) is 2.75. The molecule has 10 heteroatoms. The number of benzene rings is 1. The van der Waals surface area contributed by atoms with Crippen molar-refractivity contribution in [1.82, 2.24) is 15.6 Å². The topological polar surface area (TPSA) is 90.9 Å². The first-order valence-electron chi connectivity index (χ1n) is 9.77. The Morgan fingerprint density at radius 2 is 2.19 bits per heavy atom. The van der Waals surface area contributed by atoms with Crippen molar-refractivity contribution in [1.29, 1.82) is 0 Å². The molecule has 1 aliphatic heterocycles. The van der Waals surface area contributed by atoms with Crippen LogP contribution in [0.2, 0.25) is 0 Å². The van der Waals surface area contributed by atoms with Crippen molar-refractivity contribution >= 4 is 47.3 Å². The fraction of sp³-hybridized carbons (Fsp3) is 0.381. The second-order valence-electron chi connectivity index (χ2n) is 7.03. The summed E-state index contributed by atoms with van der Waals surface area (Å²) >= 11 is 0. The zero-order valence-electron chi connectivity index (χ0n) is 17.8. The smallest absolute Gasteiger partial charge is 0.221 e. The molecule has 0 bridgehead atoms. The summed E-state index contributed by atoms with van der Waals surface area (Å²) in [5.74, 6) is 1.17. The van der Waals surface area contributed by atoms with Crippen LogP contribution in [-0.2, 0) is 11.3 Å². The number of pyridine rings is 1. The normalized spacial score (nSPS) is 15.8. The van der Waals surface area contributed by atoms with E-state index < -0.39 is 0 Å². The van der Waals surface area contributed by atoms with E-state index >= 15 is 0 Å². The molecule has 3 rings (SSSR count). The molecule has 0 aliphatic carbocycles. The van der Waals surface area contributed by atoms with Gasteiger partial charge < -0.3 is 25.6 Å². The van der Waals surface area contributed by atoms with Gasteiger partial charge in [-0.3, -0.25) is 9.79 Å². The molecular weight excluding hydrogens is 514 g/mol. The second kappa shape index (κ2) is 11.7. The third-order valence-electron chi connectivity index (χ3n) is 4.83. The molecule has 2 aromatic rings. The van der Waals surface area contributed by atoms with Gasteiger partial charge in [0.15, 0.2) is 17.6 Å². The molecule has 1 saturated heterocycles. The lowest BCUT2D eigenvalue weighted by atomic mass is 10.2. The van der Waals surface area contributed by atoms with Gasteiger partial charge in [0.2, 0.25) is 5.91 Å². The third kappa shape index (κ3) is 6.68. The Hall–Kier alpha value is -2.63. The number of ether oxygens (including phenoxy) is 1. The number of methoxy groups -OCH3 is 1. The number of hydrogen-bond donors (Lipinski definition) is 3. The fourth-order valence-corrected chi connectivity index (χ4v) is 3.41. The van der Waals surface area contributed by atoms with E-state index in [0.29, 0.717) is 36.3 Å². The van der Waals surface area contributed by atoms with Crippen LogP contribution in [-0.4, -0.2) is 50.1 Å². The summed E-state index contributed by atoms with van der Waals surface area (Å²) in [5.41, 5.74) is 1.59. The average Bonchev–Trinajstić information content (AvgIpc) is 3.19. The number of aromatic nitrogens is 1. The molecular formula is C21H28FIN6O2. The number of aliphatic imine (C=N–C) groups is 1. The number of carbonyl (C=O) groups excluding carboxylic acids is 1. The first-order chi connectivity index (χ1) is 14.5. The Bertz CT molecular complexity index is 926. The van der Waals surface area contributed by atoms with Gasteiger partial charge in [-0.15, -0.1) is 24.0 Å². The van der Waals surface area contributed by atoms with E-state index in [1.807, 2.05) is 23.1 Å². The fourth-order valence-electron chi connectivity index (χ4n) is 3.41. The van der Waals surface area contributed by atoms with E-state index in [4.69, 9.17) is 4.74 Å². The number of carbonyl (C=O) groups is 1. The third-order valence-corrected chi connectivity index (χ3v) is 4.83. The summed E-state index contributed by atoms with van der Waals surface area (Å²) < 4.78 is 19.3. The first-order valence-corrected chi connectivity index (χ1v) is 9.77. The van der Waals surface area contributed by atoms with Crippen LogP contribution in [0.4, 0.5) is 15.9 Å². The quantitative estimate of drug-likeness (QED) is 0.296. The van der Waals surface area contributed by atoms with Crippen LogP contribution < -0.4 is 25.6 Å². The summed E-state index contributed by atoms with van der Waals surface area (Å²) in [6.45, 7) is 3.34. The maximum atomic E-state index is 14.0. The number of hydrogen-bond acceptors (Lipinski definition) is 5. The van der Waals surface area contributed by atoms with Gasteiger partial charge in [-0.1, -0.05) is 6.07 Å². The number of nitrogens with zero attached hydrogens (tertiary/aromatic N) is 3. The minimum absolute atomic E-state index is 0. The first kappa shape index (κ1) is 24.6. The number of anilines is 2. The summed E-state index contributed by atoms with van der Waals surface area (Å²) in [6, 6.07) is 8.74. The highest BCUT2D eigenvalue weighted by atomic mass is 127. The molecule has 1 amide bonds. The van der Waals surface area contributed by atoms with Crippen molar-refractivity contribution in [2.45, 2.75) is 25.9 Å². The molecule has 8 nitrogen and oxygen atoms in total. The Kier molecular flexibility index (Phi) is 9.28. The molecule has 1 aromatic carbocycles. The van der Waals surface area contributed by atoms with Crippen molar-refractivity contribution in [2.75, 3.05) is 37.5 Å². The number of amides is 1. The Labute approximate surface area is 198 Å². The van der Waals surface area contributed by atoms with Gasteiger partial charge >= 0.3 is 0 Å². The van der Waals surface area contributed by atoms with Gasteiger partial charge in [0.25, 0.3) is 0 Å². The van der Waals surface area contributed by atoms with Crippen molar-refractivity contribution in [3.63, 3.8) is 0 Å². The number of nitrogens with one attached hydrogen (secondary N) is 3. The van der Waals surface area contributed by atoms with E-state index in [0.717, 1.165) is 18.5 Å². The molecule has 0 radical (unpaired) electrons. The van der Waals surface area contributed by atoms with Crippen LogP contribution in [0, 0.1) is 5.82 Å². The van der Waals surface area contributed by atoms with Crippen LogP contribution in [0.15, 0.2) is 41.5 Å². The Morgan fingerprint density at radius 1 is 1.39 bits per heavy atom. The molecule has 1 aliphatic rings. The summed E-state index contributed by atoms with van der Waals surface area (Å²) in [6.07, 6.45) is 2.45. The van der Waals surface area contributed by atoms with Crippen molar-refractivity contribution in [3.8, 4) is 5.75 Å². The SMILES string of the molecule is CN=C(NCc1ccc(OC)c(NC(C)=O)c1)NC1CCN(c2ncccc2F)C1.I. The van der Waals surface area contributed by atoms with E-state index in [2.05, 4.69) is 25.9 Å². The standard InChI is InChI=1S/C21H27FN6O2.HI/c1-14(29)26-18-11-15(6-7-19(18)30-3)12-25-21(23-2)27-16-8-10-28(13-16)20-17(22)5-4-9-24-20;/h4-7,9,11,16H,8,10,12-13H2,1-3H3,(H,26,29)(H2,23,25,27);1H. The largest absolute Gasteiger partial charge is 0.495 e. The van der Waals surface area contributed by atoms with Gasteiger partial charge in [-0.2, -0.15) is 0 Å². The molecule has 2 heterocycles. The molecule has 168 valence electrons. The lowest BCUT2D eigenvalue weighted by Crippen LogP contribution is -2.44. The van der Waals surface area contributed by atoms with Gasteiger partial charge in [-0.05, 0) is 36.2 Å². The molecule has 31 heavy (non-hydrogen) atoms. The lowest BCUT2D eigenvalue weighted by molar-refractivity contribution is -0.114. The molecule has 3 N–H and O–H groups in total. The van der Waals surface area contributed by atoms with Crippen molar-refractivity contribution in [3.05, 3.63) is 47.9 Å². The zero-order valence-corrected chi connectivity index (χ0v) is 20.1. The van der Waals surface area contributed by atoms with Crippen LogP contribution in [0.5, 0.6) is 5.75 Å². The lowest BCUT2D eigenvalue weighted by Gasteiger charge is -2.20. The average molecular weight is 542 g/mol.